The SMILES string of the molecule is C=C(C)CNC(N)=NCC(CC)Oc1cccc(C)c1. The van der Waals surface area contributed by atoms with Crippen LogP contribution in [0.25, 0.3) is 0 Å². The maximum atomic E-state index is 5.91. The average Bonchev–Trinajstić information content (AvgIpc) is 2.41. The van der Waals surface area contributed by atoms with Crippen LogP contribution in [0.1, 0.15) is 25.8 Å². The van der Waals surface area contributed by atoms with E-state index in [1.807, 2.05) is 38.1 Å². The molecule has 0 aliphatic rings. The van der Waals surface area contributed by atoms with E-state index >= 15 is 0 Å². The molecular formula is C16H25N3O. The highest BCUT2D eigenvalue weighted by Crippen LogP contribution is 2.15. The van der Waals surface area contributed by atoms with Gasteiger partial charge >= 0.3 is 0 Å². The third kappa shape index (κ3) is 6.27. The molecule has 20 heavy (non-hydrogen) atoms. The summed E-state index contributed by atoms with van der Waals surface area (Å²) in [6, 6.07) is 8.02. The van der Waals surface area contributed by atoms with Gasteiger partial charge in [-0.3, -0.25) is 0 Å². The summed E-state index contributed by atoms with van der Waals surface area (Å²) in [5.74, 6) is 1.31. The lowest BCUT2D eigenvalue weighted by atomic mass is 10.2. The van der Waals surface area contributed by atoms with Crippen molar-refractivity contribution in [2.75, 3.05) is 13.1 Å². The van der Waals surface area contributed by atoms with Gasteiger partial charge in [0.25, 0.3) is 0 Å². The summed E-state index contributed by atoms with van der Waals surface area (Å²) in [4.78, 5) is 4.30. The molecule has 4 nitrogen and oxygen atoms in total. The van der Waals surface area contributed by atoms with Gasteiger partial charge in [0.1, 0.15) is 11.9 Å². The number of nitrogens with two attached hydrogens (primary N) is 1. The Bertz CT molecular complexity index is 469. The number of aryl methyl sites for hydroxylation is 1. The van der Waals surface area contributed by atoms with Crippen molar-refractivity contribution < 1.29 is 4.74 Å². The molecule has 0 saturated heterocycles. The quantitative estimate of drug-likeness (QED) is 0.457. The summed E-state index contributed by atoms with van der Waals surface area (Å²) in [6.07, 6.45) is 0.910. The summed E-state index contributed by atoms with van der Waals surface area (Å²) in [5.41, 5.74) is 7.99. The fourth-order valence-electron chi connectivity index (χ4n) is 1.63. The summed E-state index contributed by atoms with van der Waals surface area (Å²) in [7, 11) is 0. The molecule has 1 aromatic carbocycles. The van der Waals surface area contributed by atoms with Gasteiger partial charge in [0.15, 0.2) is 5.96 Å². The predicted octanol–water partition coefficient (Wildman–Crippen LogP) is 2.63. The first-order valence-electron chi connectivity index (χ1n) is 6.92. The first kappa shape index (κ1) is 16.1. The zero-order valence-electron chi connectivity index (χ0n) is 12.6. The van der Waals surface area contributed by atoms with E-state index in [1.54, 1.807) is 0 Å². The van der Waals surface area contributed by atoms with E-state index in [1.165, 1.54) is 5.56 Å². The van der Waals surface area contributed by atoms with Crippen molar-refractivity contribution in [3.63, 3.8) is 0 Å². The van der Waals surface area contributed by atoms with Crippen molar-refractivity contribution in [1.82, 2.24) is 5.32 Å². The van der Waals surface area contributed by atoms with Crippen LogP contribution < -0.4 is 15.8 Å². The average molecular weight is 275 g/mol. The molecule has 0 aliphatic carbocycles. The molecule has 0 aliphatic heterocycles. The van der Waals surface area contributed by atoms with Gasteiger partial charge in [-0.15, -0.1) is 0 Å². The molecule has 0 radical (unpaired) electrons. The topological polar surface area (TPSA) is 59.6 Å². The van der Waals surface area contributed by atoms with Crippen LogP contribution in [0.5, 0.6) is 5.75 Å². The molecule has 0 bridgehead atoms. The van der Waals surface area contributed by atoms with Crippen LogP contribution in [-0.4, -0.2) is 25.2 Å². The van der Waals surface area contributed by atoms with Gasteiger partial charge in [0.2, 0.25) is 0 Å². The normalized spacial score (nSPS) is 12.8. The molecule has 0 spiro atoms. The van der Waals surface area contributed by atoms with Crippen molar-refractivity contribution >= 4 is 5.96 Å². The second kappa shape index (κ2) is 8.25. The van der Waals surface area contributed by atoms with Crippen molar-refractivity contribution in [3.05, 3.63) is 42.0 Å². The Hall–Kier alpha value is -1.97. The van der Waals surface area contributed by atoms with Crippen LogP contribution in [-0.2, 0) is 0 Å². The van der Waals surface area contributed by atoms with Gasteiger partial charge in [-0.1, -0.05) is 31.2 Å². The monoisotopic (exact) mass is 275 g/mol. The molecule has 0 aromatic heterocycles. The van der Waals surface area contributed by atoms with Crippen LogP contribution in [0.4, 0.5) is 0 Å². The smallest absolute Gasteiger partial charge is 0.188 e. The molecule has 4 heteroatoms. The first-order valence-corrected chi connectivity index (χ1v) is 6.92. The Morgan fingerprint density at radius 3 is 2.85 bits per heavy atom. The largest absolute Gasteiger partial charge is 0.489 e. The Kier molecular flexibility index (Phi) is 6.64. The molecule has 0 amide bonds. The third-order valence-corrected chi connectivity index (χ3v) is 2.78. The van der Waals surface area contributed by atoms with Crippen molar-refractivity contribution in [2.45, 2.75) is 33.3 Å². The minimum absolute atomic E-state index is 0.0296. The number of hydrogen-bond acceptors (Lipinski definition) is 2. The zero-order valence-corrected chi connectivity index (χ0v) is 12.6. The Morgan fingerprint density at radius 2 is 2.25 bits per heavy atom. The van der Waals surface area contributed by atoms with E-state index in [0.29, 0.717) is 19.0 Å². The van der Waals surface area contributed by atoms with Gasteiger partial charge in [0, 0.05) is 6.54 Å². The van der Waals surface area contributed by atoms with Crippen LogP contribution in [0.2, 0.25) is 0 Å². The zero-order chi connectivity index (χ0) is 15.0. The number of nitrogens with one attached hydrogen (secondary N) is 1. The Labute approximate surface area is 121 Å². The van der Waals surface area contributed by atoms with Crippen molar-refractivity contribution in [3.8, 4) is 5.75 Å². The van der Waals surface area contributed by atoms with E-state index in [2.05, 4.69) is 23.8 Å². The fourth-order valence-corrected chi connectivity index (χ4v) is 1.63. The van der Waals surface area contributed by atoms with Crippen LogP contribution >= 0.6 is 0 Å². The molecule has 0 saturated carbocycles. The summed E-state index contributed by atoms with van der Waals surface area (Å²) >= 11 is 0. The lowest BCUT2D eigenvalue weighted by Crippen LogP contribution is -2.34. The van der Waals surface area contributed by atoms with Crippen LogP contribution in [0.15, 0.2) is 41.4 Å². The molecule has 1 unspecified atom stereocenters. The second-order valence-electron chi connectivity index (χ2n) is 5.00. The highest BCUT2D eigenvalue weighted by molar-refractivity contribution is 5.78. The van der Waals surface area contributed by atoms with Gasteiger partial charge in [0.05, 0.1) is 6.54 Å². The van der Waals surface area contributed by atoms with Gasteiger partial charge in [-0.25, -0.2) is 4.99 Å². The highest BCUT2D eigenvalue weighted by Gasteiger charge is 2.07. The lowest BCUT2D eigenvalue weighted by molar-refractivity contribution is 0.205. The van der Waals surface area contributed by atoms with E-state index in [0.717, 1.165) is 17.7 Å². The van der Waals surface area contributed by atoms with E-state index in [4.69, 9.17) is 10.5 Å². The van der Waals surface area contributed by atoms with E-state index in [-0.39, 0.29) is 6.10 Å². The molecule has 0 fully saturated rings. The molecule has 1 atom stereocenters. The molecule has 1 rings (SSSR count). The number of aliphatic imine (C=N–C) groups is 1. The lowest BCUT2D eigenvalue weighted by Gasteiger charge is -2.16. The maximum absolute atomic E-state index is 5.91. The minimum atomic E-state index is 0.0296. The molecule has 3 N–H and O–H groups in total. The highest BCUT2D eigenvalue weighted by atomic mass is 16.5. The Morgan fingerprint density at radius 1 is 1.50 bits per heavy atom. The van der Waals surface area contributed by atoms with Gasteiger partial charge in [-0.05, 0) is 38.0 Å². The number of nitrogens with zero attached hydrogens (tertiary/aromatic N) is 1. The number of guanidine groups is 1. The van der Waals surface area contributed by atoms with Gasteiger partial charge in [-0.2, -0.15) is 0 Å². The van der Waals surface area contributed by atoms with Crippen molar-refractivity contribution in [2.24, 2.45) is 10.7 Å². The summed E-state index contributed by atoms with van der Waals surface area (Å²) in [5, 5.41) is 3.01. The van der Waals surface area contributed by atoms with E-state index < -0.39 is 0 Å². The van der Waals surface area contributed by atoms with E-state index in [9.17, 15) is 0 Å². The molecule has 0 heterocycles. The number of hydrogen-bond donors (Lipinski definition) is 2. The number of benzene rings is 1. The summed E-state index contributed by atoms with van der Waals surface area (Å²) in [6.45, 7) is 11.1. The molecular weight excluding hydrogens is 250 g/mol. The standard InChI is InChI=1S/C16H25N3O/c1-5-14(11-19-16(17)18-10-12(2)3)20-15-8-6-7-13(4)9-15/h6-9,14H,2,5,10-11H2,1,3-4H3,(H3,17,18,19). The number of rotatable bonds is 7. The number of ether oxygens (including phenoxy) is 1. The molecule has 110 valence electrons. The van der Waals surface area contributed by atoms with Crippen molar-refractivity contribution in [1.29, 1.82) is 0 Å². The molecule has 1 aromatic rings. The first-order chi connectivity index (χ1) is 9.51. The Balaban J connectivity index is 2.50. The van der Waals surface area contributed by atoms with Crippen LogP contribution in [0, 0.1) is 6.92 Å². The van der Waals surface area contributed by atoms with Gasteiger partial charge < -0.3 is 15.8 Å². The maximum Gasteiger partial charge on any atom is 0.188 e. The second-order valence-corrected chi connectivity index (χ2v) is 5.00. The minimum Gasteiger partial charge on any atom is -0.489 e. The summed E-state index contributed by atoms with van der Waals surface area (Å²) < 4.78 is 5.91. The van der Waals surface area contributed by atoms with Crippen LogP contribution in [0.3, 0.4) is 0 Å². The predicted molar refractivity (Wildman–Crippen MR) is 85.2 cm³/mol. The third-order valence-electron chi connectivity index (χ3n) is 2.78. The fraction of sp³-hybridized carbons (Fsp3) is 0.438.